The van der Waals surface area contributed by atoms with Crippen LogP contribution in [0.25, 0.3) is 0 Å². The average molecular weight is 285 g/mol. The van der Waals surface area contributed by atoms with Crippen molar-refractivity contribution >= 4 is 11.9 Å². The molecule has 20 heavy (non-hydrogen) atoms. The summed E-state index contributed by atoms with van der Waals surface area (Å²) in [5, 5.41) is 11.5. The number of carboxylic acid groups (broad SMARTS) is 1. The van der Waals surface area contributed by atoms with Crippen molar-refractivity contribution in [2.75, 3.05) is 0 Å². The van der Waals surface area contributed by atoms with Gasteiger partial charge in [0.25, 0.3) is 5.91 Å². The van der Waals surface area contributed by atoms with Crippen molar-refractivity contribution in [3.63, 3.8) is 0 Å². The SMILES string of the molecule is CC(C)(NC(=O)c1c(F)cccc1F)C(C)(C)C(=O)O. The summed E-state index contributed by atoms with van der Waals surface area (Å²) in [7, 11) is 0. The van der Waals surface area contributed by atoms with Crippen molar-refractivity contribution in [1.29, 1.82) is 0 Å². The zero-order valence-corrected chi connectivity index (χ0v) is 11.8. The van der Waals surface area contributed by atoms with E-state index >= 15 is 0 Å². The van der Waals surface area contributed by atoms with Crippen LogP contribution in [-0.2, 0) is 4.79 Å². The molecule has 0 aliphatic carbocycles. The van der Waals surface area contributed by atoms with Crippen LogP contribution in [0, 0.1) is 17.0 Å². The molecule has 0 fully saturated rings. The topological polar surface area (TPSA) is 66.4 Å². The number of hydrogen-bond acceptors (Lipinski definition) is 2. The number of aliphatic carboxylic acids is 1. The van der Waals surface area contributed by atoms with E-state index in [9.17, 15) is 23.5 Å². The number of amides is 1. The maximum absolute atomic E-state index is 13.5. The maximum atomic E-state index is 13.5. The van der Waals surface area contributed by atoms with Gasteiger partial charge in [0.15, 0.2) is 0 Å². The van der Waals surface area contributed by atoms with Crippen molar-refractivity contribution in [2.45, 2.75) is 33.2 Å². The summed E-state index contributed by atoms with van der Waals surface area (Å²) in [4.78, 5) is 23.2. The van der Waals surface area contributed by atoms with E-state index in [1.54, 1.807) is 0 Å². The van der Waals surface area contributed by atoms with Crippen molar-refractivity contribution in [3.05, 3.63) is 35.4 Å². The van der Waals surface area contributed by atoms with E-state index in [0.717, 1.165) is 18.2 Å². The molecule has 0 atom stereocenters. The summed E-state index contributed by atoms with van der Waals surface area (Å²) in [5.41, 5.74) is -3.24. The van der Waals surface area contributed by atoms with Gasteiger partial charge in [0.05, 0.1) is 11.0 Å². The summed E-state index contributed by atoms with van der Waals surface area (Å²) in [6.07, 6.45) is 0. The molecular weight excluding hydrogens is 268 g/mol. The second kappa shape index (κ2) is 5.19. The van der Waals surface area contributed by atoms with Gasteiger partial charge in [0.1, 0.15) is 17.2 Å². The minimum atomic E-state index is -1.32. The van der Waals surface area contributed by atoms with Gasteiger partial charge in [-0.2, -0.15) is 0 Å². The van der Waals surface area contributed by atoms with Gasteiger partial charge in [0.2, 0.25) is 0 Å². The molecule has 1 aromatic rings. The van der Waals surface area contributed by atoms with E-state index in [-0.39, 0.29) is 0 Å². The molecule has 6 heteroatoms. The van der Waals surface area contributed by atoms with Crippen LogP contribution in [0.5, 0.6) is 0 Å². The van der Waals surface area contributed by atoms with Crippen LogP contribution in [0.2, 0.25) is 0 Å². The molecular formula is C14H17F2NO3. The Morgan fingerprint density at radius 3 is 1.95 bits per heavy atom. The predicted octanol–water partition coefficient (Wildman–Crippen LogP) is 2.58. The molecule has 110 valence electrons. The van der Waals surface area contributed by atoms with Crippen LogP contribution in [0.3, 0.4) is 0 Å². The fraction of sp³-hybridized carbons (Fsp3) is 0.429. The van der Waals surface area contributed by atoms with E-state index in [0.29, 0.717) is 0 Å². The van der Waals surface area contributed by atoms with E-state index in [4.69, 9.17) is 0 Å². The van der Waals surface area contributed by atoms with Crippen molar-refractivity contribution in [3.8, 4) is 0 Å². The number of carbonyl (C=O) groups excluding carboxylic acids is 1. The Balaban J connectivity index is 3.10. The molecule has 0 saturated heterocycles. The monoisotopic (exact) mass is 285 g/mol. The third kappa shape index (κ3) is 2.79. The molecule has 1 rings (SSSR count). The van der Waals surface area contributed by atoms with Gasteiger partial charge in [0, 0.05) is 0 Å². The van der Waals surface area contributed by atoms with Crippen LogP contribution >= 0.6 is 0 Å². The summed E-state index contributed by atoms with van der Waals surface area (Å²) in [6.45, 7) is 5.82. The first-order valence-corrected chi connectivity index (χ1v) is 6.00. The maximum Gasteiger partial charge on any atom is 0.311 e. The lowest BCUT2D eigenvalue weighted by Crippen LogP contribution is -2.57. The fourth-order valence-corrected chi connectivity index (χ4v) is 1.48. The normalized spacial score (nSPS) is 12.1. The highest BCUT2D eigenvalue weighted by Crippen LogP contribution is 2.31. The van der Waals surface area contributed by atoms with Crippen molar-refractivity contribution in [2.24, 2.45) is 5.41 Å². The number of nitrogens with one attached hydrogen (secondary N) is 1. The van der Waals surface area contributed by atoms with Gasteiger partial charge < -0.3 is 10.4 Å². The van der Waals surface area contributed by atoms with Crippen LogP contribution in [0.15, 0.2) is 18.2 Å². The second-order valence-corrected chi connectivity index (χ2v) is 5.61. The highest BCUT2D eigenvalue weighted by atomic mass is 19.1. The zero-order valence-electron chi connectivity index (χ0n) is 11.8. The number of carboxylic acids is 1. The molecule has 4 nitrogen and oxygen atoms in total. The van der Waals surface area contributed by atoms with Gasteiger partial charge in [-0.1, -0.05) is 6.07 Å². The van der Waals surface area contributed by atoms with E-state index < -0.39 is 40.0 Å². The smallest absolute Gasteiger partial charge is 0.311 e. The van der Waals surface area contributed by atoms with Crippen molar-refractivity contribution < 1.29 is 23.5 Å². The molecule has 0 heterocycles. The Morgan fingerprint density at radius 1 is 1.10 bits per heavy atom. The Labute approximate surface area is 115 Å². The van der Waals surface area contributed by atoms with Gasteiger partial charge in [-0.15, -0.1) is 0 Å². The average Bonchev–Trinajstić information content (AvgIpc) is 2.27. The highest BCUT2D eigenvalue weighted by molar-refractivity contribution is 5.95. The van der Waals surface area contributed by atoms with Crippen LogP contribution in [0.1, 0.15) is 38.1 Å². The first-order valence-electron chi connectivity index (χ1n) is 6.00. The first kappa shape index (κ1) is 16.1. The summed E-state index contributed by atoms with van der Waals surface area (Å²) in [6, 6.07) is 3.08. The Morgan fingerprint density at radius 2 is 1.55 bits per heavy atom. The number of halogens is 2. The lowest BCUT2D eigenvalue weighted by Gasteiger charge is -2.38. The van der Waals surface area contributed by atoms with E-state index in [1.807, 2.05) is 0 Å². The molecule has 0 saturated carbocycles. The van der Waals surface area contributed by atoms with Gasteiger partial charge in [-0.05, 0) is 39.8 Å². The highest BCUT2D eigenvalue weighted by Gasteiger charge is 2.44. The van der Waals surface area contributed by atoms with Crippen LogP contribution < -0.4 is 5.32 Å². The fourth-order valence-electron chi connectivity index (χ4n) is 1.48. The minimum Gasteiger partial charge on any atom is -0.481 e. The minimum absolute atomic E-state index is 0.721. The number of rotatable bonds is 4. The zero-order chi connectivity index (χ0) is 15.7. The Kier molecular flexibility index (Phi) is 4.17. The van der Waals surface area contributed by atoms with Gasteiger partial charge in [-0.25, -0.2) is 8.78 Å². The summed E-state index contributed by atoms with van der Waals surface area (Å²) >= 11 is 0. The predicted molar refractivity (Wildman–Crippen MR) is 69.3 cm³/mol. The third-order valence-corrected chi connectivity index (χ3v) is 3.71. The molecule has 1 aromatic carbocycles. The lowest BCUT2D eigenvalue weighted by molar-refractivity contribution is -0.150. The first-order chi connectivity index (χ1) is 9.00. The number of benzene rings is 1. The third-order valence-electron chi connectivity index (χ3n) is 3.71. The quantitative estimate of drug-likeness (QED) is 0.893. The number of hydrogen-bond donors (Lipinski definition) is 2. The van der Waals surface area contributed by atoms with Gasteiger partial charge in [-0.3, -0.25) is 9.59 Å². The molecule has 2 N–H and O–H groups in total. The molecule has 0 aliphatic rings. The van der Waals surface area contributed by atoms with Gasteiger partial charge >= 0.3 is 5.97 Å². The van der Waals surface area contributed by atoms with Crippen LogP contribution in [-0.4, -0.2) is 22.5 Å². The summed E-state index contributed by atoms with van der Waals surface area (Å²) in [5.74, 6) is -4.10. The Hall–Kier alpha value is -1.98. The molecule has 0 aliphatic heterocycles. The van der Waals surface area contributed by atoms with E-state index in [1.165, 1.54) is 27.7 Å². The van der Waals surface area contributed by atoms with E-state index in [2.05, 4.69) is 5.32 Å². The molecule has 0 radical (unpaired) electrons. The molecule has 0 unspecified atom stereocenters. The Bertz CT molecular complexity index is 533. The largest absolute Gasteiger partial charge is 0.481 e. The number of carbonyl (C=O) groups is 2. The molecule has 0 aromatic heterocycles. The molecule has 0 bridgehead atoms. The lowest BCUT2D eigenvalue weighted by atomic mass is 9.74. The standard InChI is InChI=1S/C14H17F2NO3/c1-13(2,12(19)20)14(3,4)17-11(18)10-8(15)6-5-7-9(10)16/h5-7H,1-4H3,(H,17,18)(H,19,20). The molecule has 0 spiro atoms. The summed E-state index contributed by atoms with van der Waals surface area (Å²) < 4.78 is 27.0. The second-order valence-electron chi connectivity index (χ2n) is 5.61. The van der Waals surface area contributed by atoms with Crippen molar-refractivity contribution in [1.82, 2.24) is 5.32 Å². The molecule has 1 amide bonds. The van der Waals surface area contributed by atoms with Crippen LogP contribution in [0.4, 0.5) is 8.78 Å².